The molecule has 2 fully saturated rings. The second kappa shape index (κ2) is 3.61. The summed E-state index contributed by atoms with van der Waals surface area (Å²) < 4.78 is 0. The lowest BCUT2D eigenvalue weighted by Gasteiger charge is -2.08. The Morgan fingerprint density at radius 2 is 1.93 bits per heavy atom. The van der Waals surface area contributed by atoms with Crippen LogP contribution < -0.4 is 10.6 Å². The maximum atomic E-state index is 10.8. The molecule has 2 aliphatic rings. The molecule has 2 heterocycles. The van der Waals surface area contributed by atoms with Crippen molar-refractivity contribution in [2.24, 2.45) is 10.9 Å². The highest BCUT2D eigenvalue weighted by Gasteiger charge is 2.29. The van der Waals surface area contributed by atoms with E-state index in [2.05, 4.69) is 22.5 Å². The summed E-state index contributed by atoms with van der Waals surface area (Å²) in [7, 11) is 0. The summed E-state index contributed by atoms with van der Waals surface area (Å²) >= 11 is 1.84. The predicted octanol–water partition coefficient (Wildman–Crippen LogP) is -0.660. The lowest BCUT2D eigenvalue weighted by atomic mass is 10.1. The van der Waals surface area contributed by atoms with Crippen LogP contribution in [0.15, 0.2) is 4.99 Å². The van der Waals surface area contributed by atoms with Crippen LogP contribution in [-0.4, -0.2) is 35.3 Å². The van der Waals surface area contributed by atoms with Gasteiger partial charge in [0.2, 0.25) is 5.96 Å². The van der Waals surface area contributed by atoms with Gasteiger partial charge in [-0.05, 0) is 11.7 Å². The lowest BCUT2D eigenvalue weighted by Crippen LogP contribution is -2.29. The third-order valence-electron chi connectivity index (χ3n) is 2.29. The van der Waals surface area contributed by atoms with E-state index in [0.29, 0.717) is 11.9 Å². The van der Waals surface area contributed by atoms with Crippen molar-refractivity contribution in [2.45, 2.75) is 13.0 Å². The Morgan fingerprint density at radius 1 is 1.29 bits per heavy atom. The number of carbonyl (C=O) groups is 2. The molecule has 0 bridgehead atoms. The van der Waals surface area contributed by atoms with Crippen LogP contribution in [0.3, 0.4) is 0 Å². The molecule has 0 aromatic heterocycles. The first-order valence-corrected chi connectivity index (χ1v) is 5.60. The monoisotopic (exact) mass is 213 g/mol. The largest absolute Gasteiger partial charge is 0.316 e. The van der Waals surface area contributed by atoms with Crippen molar-refractivity contribution >= 4 is 29.5 Å². The van der Waals surface area contributed by atoms with Gasteiger partial charge >= 0.3 is 11.8 Å². The molecule has 2 aliphatic heterocycles. The van der Waals surface area contributed by atoms with Gasteiger partial charge in [-0.25, -0.2) is 4.99 Å². The van der Waals surface area contributed by atoms with Crippen LogP contribution in [-0.2, 0) is 9.59 Å². The maximum absolute atomic E-state index is 10.8. The van der Waals surface area contributed by atoms with Gasteiger partial charge in [-0.15, -0.1) is 0 Å². The minimum atomic E-state index is -0.623. The van der Waals surface area contributed by atoms with Gasteiger partial charge in [0.05, 0.1) is 6.04 Å². The molecule has 0 aliphatic carbocycles. The molecule has 2 unspecified atom stereocenters. The first kappa shape index (κ1) is 9.51. The average molecular weight is 213 g/mol. The zero-order chi connectivity index (χ0) is 10.1. The number of amides is 2. The normalized spacial score (nSPS) is 31.6. The second-order valence-corrected chi connectivity index (χ2v) is 4.54. The minimum Gasteiger partial charge on any atom is -0.288 e. The Labute approximate surface area is 85.7 Å². The van der Waals surface area contributed by atoms with Crippen LogP contribution in [0.5, 0.6) is 0 Å². The molecule has 0 aromatic rings. The van der Waals surface area contributed by atoms with Gasteiger partial charge in [0.15, 0.2) is 0 Å². The van der Waals surface area contributed by atoms with Crippen molar-refractivity contribution in [1.82, 2.24) is 10.6 Å². The second-order valence-electron chi connectivity index (χ2n) is 3.47. The molecule has 14 heavy (non-hydrogen) atoms. The van der Waals surface area contributed by atoms with Crippen molar-refractivity contribution in [1.29, 1.82) is 0 Å². The van der Waals surface area contributed by atoms with E-state index in [0.717, 1.165) is 11.5 Å². The fourth-order valence-corrected chi connectivity index (χ4v) is 2.78. The first-order chi connectivity index (χ1) is 6.66. The smallest absolute Gasteiger partial charge is 0.288 e. The number of thioether (sulfide) groups is 1. The Kier molecular flexibility index (Phi) is 2.45. The van der Waals surface area contributed by atoms with Crippen LogP contribution >= 0.6 is 11.8 Å². The molecule has 0 saturated carbocycles. The van der Waals surface area contributed by atoms with E-state index in [1.165, 1.54) is 0 Å². The highest BCUT2D eigenvalue weighted by Crippen LogP contribution is 2.26. The predicted molar refractivity (Wildman–Crippen MR) is 54.0 cm³/mol. The number of hydrogen-bond acceptors (Lipinski definition) is 4. The first-order valence-electron chi connectivity index (χ1n) is 4.44. The van der Waals surface area contributed by atoms with Gasteiger partial charge < -0.3 is 0 Å². The molecule has 2 atom stereocenters. The Morgan fingerprint density at radius 3 is 2.43 bits per heavy atom. The van der Waals surface area contributed by atoms with E-state index in [1.54, 1.807) is 0 Å². The fourth-order valence-electron chi connectivity index (χ4n) is 1.40. The third-order valence-corrected chi connectivity index (χ3v) is 3.63. The van der Waals surface area contributed by atoms with Gasteiger partial charge in [-0.1, -0.05) is 6.92 Å². The molecule has 0 radical (unpaired) electrons. The quantitative estimate of drug-likeness (QED) is 0.568. The highest BCUT2D eigenvalue weighted by atomic mass is 32.2. The Hall–Kier alpha value is -1.04. The SMILES string of the molecule is CC1CSCC1N=C1NC(=O)C(=O)N1. The molecule has 2 rings (SSSR count). The van der Waals surface area contributed by atoms with Crippen molar-refractivity contribution < 1.29 is 9.59 Å². The molecular formula is C8H11N3O2S. The van der Waals surface area contributed by atoms with Gasteiger partial charge in [0, 0.05) is 5.75 Å². The zero-order valence-electron chi connectivity index (χ0n) is 7.74. The summed E-state index contributed by atoms with van der Waals surface area (Å²) in [6.45, 7) is 2.12. The van der Waals surface area contributed by atoms with E-state index in [4.69, 9.17) is 0 Å². The lowest BCUT2D eigenvalue weighted by molar-refractivity contribution is -0.135. The van der Waals surface area contributed by atoms with Crippen molar-refractivity contribution in [3.05, 3.63) is 0 Å². The molecule has 76 valence electrons. The minimum absolute atomic E-state index is 0.202. The standard InChI is InChI=1S/C8H11N3O2S/c1-4-2-14-3-5(4)9-8-10-6(12)7(13)11-8/h4-5H,2-3H2,1H3,(H2,9,10,11,12,13). The summed E-state index contributed by atoms with van der Waals surface area (Å²) in [4.78, 5) is 25.9. The van der Waals surface area contributed by atoms with Gasteiger partial charge in [0.25, 0.3) is 0 Å². The zero-order valence-corrected chi connectivity index (χ0v) is 8.56. The van der Waals surface area contributed by atoms with Crippen molar-refractivity contribution in [2.75, 3.05) is 11.5 Å². The van der Waals surface area contributed by atoms with E-state index < -0.39 is 11.8 Å². The number of nitrogens with one attached hydrogen (secondary N) is 2. The topological polar surface area (TPSA) is 70.6 Å². The van der Waals surface area contributed by atoms with Crippen molar-refractivity contribution in [3.8, 4) is 0 Å². The van der Waals surface area contributed by atoms with Crippen LogP contribution in [0.2, 0.25) is 0 Å². The van der Waals surface area contributed by atoms with E-state index in [1.807, 2.05) is 11.8 Å². The molecule has 5 nitrogen and oxygen atoms in total. The van der Waals surface area contributed by atoms with E-state index in [-0.39, 0.29) is 6.04 Å². The molecule has 0 spiro atoms. The Bertz CT molecular complexity index is 298. The number of aliphatic imine (C=N–C) groups is 1. The fraction of sp³-hybridized carbons (Fsp3) is 0.625. The van der Waals surface area contributed by atoms with E-state index >= 15 is 0 Å². The van der Waals surface area contributed by atoms with Crippen LogP contribution in [0.4, 0.5) is 0 Å². The summed E-state index contributed by atoms with van der Waals surface area (Å²) in [6.07, 6.45) is 0. The third kappa shape index (κ3) is 1.75. The molecule has 2 saturated heterocycles. The molecule has 2 amide bonds. The average Bonchev–Trinajstić information content (AvgIpc) is 2.63. The summed E-state index contributed by atoms with van der Waals surface area (Å²) in [5.41, 5.74) is 0. The van der Waals surface area contributed by atoms with Gasteiger partial charge in [-0.2, -0.15) is 11.8 Å². The number of hydrogen-bond donors (Lipinski definition) is 2. The number of guanidine groups is 1. The van der Waals surface area contributed by atoms with Crippen molar-refractivity contribution in [3.63, 3.8) is 0 Å². The van der Waals surface area contributed by atoms with E-state index in [9.17, 15) is 9.59 Å². The maximum Gasteiger partial charge on any atom is 0.316 e. The molecule has 6 heteroatoms. The molecular weight excluding hydrogens is 202 g/mol. The number of nitrogens with zero attached hydrogens (tertiary/aromatic N) is 1. The number of carbonyl (C=O) groups excluding carboxylic acids is 2. The van der Waals surface area contributed by atoms with Crippen LogP contribution in [0.1, 0.15) is 6.92 Å². The Balaban J connectivity index is 2.05. The van der Waals surface area contributed by atoms with Gasteiger partial charge in [-0.3, -0.25) is 20.2 Å². The van der Waals surface area contributed by atoms with Crippen LogP contribution in [0.25, 0.3) is 0 Å². The molecule has 0 aromatic carbocycles. The van der Waals surface area contributed by atoms with Gasteiger partial charge in [0.1, 0.15) is 0 Å². The number of rotatable bonds is 1. The summed E-state index contributed by atoms with van der Waals surface area (Å²) in [5, 5.41) is 4.78. The summed E-state index contributed by atoms with van der Waals surface area (Å²) in [6, 6.07) is 0.202. The summed E-state index contributed by atoms with van der Waals surface area (Å²) in [5.74, 6) is 1.60. The highest BCUT2D eigenvalue weighted by molar-refractivity contribution is 7.99. The van der Waals surface area contributed by atoms with Crippen LogP contribution in [0, 0.1) is 5.92 Å². The molecule has 2 N–H and O–H groups in total.